The van der Waals surface area contributed by atoms with Gasteiger partial charge in [-0.05, 0) is 18.3 Å². The number of hydrogen-bond donors (Lipinski definition) is 3. The number of nitrogens with one attached hydrogen (secondary N) is 2. The smallest absolute Gasteiger partial charge is 0.239 e. The van der Waals surface area contributed by atoms with E-state index < -0.39 is 18.0 Å². The molecule has 0 spiro atoms. The zero-order chi connectivity index (χ0) is 15.0. The predicted molar refractivity (Wildman–Crippen MR) is 72.9 cm³/mol. The Kier molecular flexibility index (Phi) is 7.98. The van der Waals surface area contributed by atoms with Crippen LogP contribution in [0.5, 0.6) is 0 Å². The average Bonchev–Trinajstić information content (AvgIpc) is 2.33. The number of nitrogens with two attached hydrogens (primary N) is 1. The van der Waals surface area contributed by atoms with Gasteiger partial charge < -0.3 is 16.4 Å². The molecule has 6 heteroatoms. The maximum atomic E-state index is 11.5. The molecule has 0 fully saturated rings. The van der Waals surface area contributed by atoms with Crippen molar-refractivity contribution in [2.45, 2.75) is 46.2 Å². The van der Waals surface area contributed by atoms with Gasteiger partial charge in [0.05, 0.1) is 18.6 Å². The van der Waals surface area contributed by atoms with Gasteiger partial charge in [0.25, 0.3) is 0 Å². The zero-order valence-corrected chi connectivity index (χ0v) is 12.0. The molecular formula is C13H24N3O3. The first kappa shape index (κ1) is 17.6. The standard InChI is InChI=1S/C13H24N3O3/c1-8(2)5-10(7-17)16-11(18)6-15-13(19)12(14)9(3)4/h8-10,12H,5-6,14H2,1-4H3,(H,15,19)(H,16,18). The van der Waals surface area contributed by atoms with Crippen molar-refractivity contribution in [1.82, 2.24) is 10.6 Å². The van der Waals surface area contributed by atoms with Crippen molar-refractivity contribution in [3.63, 3.8) is 0 Å². The van der Waals surface area contributed by atoms with Crippen LogP contribution in [-0.2, 0) is 14.4 Å². The van der Waals surface area contributed by atoms with Crippen LogP contribution in [0.3, 0.4) is 0 Å². The Hall–Kier alpha value is -1.43. The summed E-state index contributed by atoms with van der Waals surface area (Å²) < 4.78 is 0. The van der Waals surface area contributed by atoms with Gasteiger partial charge in [0.1, 0.15) is 0 Å². The van der Waals surface area contributed by atoms with E-state index in [1.165, 1.54) is 0 Å². The molecule has 1 radical (unpaired) electrons. The normalized spacial score (nSPS) is 14.1. The summed E-state index contributed by atoms with van der Waals surface area (Å²) in [6.07, 6.45) is 2.30. The second-order valence-electron chi connectivity index (χ2n) is 5.36. The van der Waals surface area contributed by atoms with Gasteiger partial charge >= 0.3 is 0 Å². The van der Waals surface area contributed by atoms with Gasteiger partial charge in [-0.2, -0.15) is 0 Å². The van der Waals surface area contributed by atoms with Crippen molar-refractivity contribution < 1.29 is 14.4 Å². The Morgan fingerprint density at radius 2 is 1.79 bits per heavy atom. The third kappa shape index (κ3) is 7.56. The van der Waals surface area contributed by atoms with E-state index in [9.17, 15) is 14.4 Å². The molecule has 4 N–H and O–H groups in total. The molecule has 109 valence electrons. The molecule has 0 aliphatic heterocycles. The molecule has 0 aromatic carbocycles. The van der Waals surface area contributed by atoms with E-state index in [1.807, 2.05) is 27.7 Å². The van der Waals surface area contributed by atoms with Gasteiger partial charge in [-0.25, -0.2) is 0 Å². The molecule has 2 amide bonds. The third-order valence-corrected chi connectivity index (χ3v) is 2.63. The molecule has 0 aliphatic carbocycles. The van der Waals surface area contributed by atoms with Crippen LogP contribution < -0.4 is 16.4 Å². The summed E-state index contributed by atoms with van der Waals surface area (Å²) in [5, 5.41) is 4.94. The molecule has 0 bridgehead atoms. The van der Waals surface area contributed by atoms with E-state index in [0.717, 1.165) is 0 Å². The molecule has 6 nitrogen and oxygen atoms in total. The van der Waals surface area contributed by atoms with Crippen LogP contribution in [0, 0.1) is 11.8 Å². The lowest BCUT2D eigenvalue weighted by Crippen LogP contribution is -2.48. The number of carbonyl (C=O) groups excluding carboxylic acids is 3. The van der Waals surface area contributed by atoms with Gasteiger partial charge in [-0.15, -0.1) is 0 Å². The molecule has 0 rings (SSSR count). The van der Waals surface area contributed by atoms with E-state index in [1.54, 1.807) is 6.29 Å². The summed E-state index contributed by atoms with van der Waals surface area (Å²) in [6, 6.07) is -1.28. The van der Waals surface area contributed by atoms with E-state index in [4.69, 9.17) is 5.73 Å². The molecule has 0 heterocycles. The highest BCUT2D eigenvalue weighted by atomic mass is 16.2. The monoisotopic (exact) mass is 270 g/mol. The molecule has 0 aliphatic rings. The van der Waals surface area contributed by atoms with Crippen molar-refractivity contribution in [2.75, 3.05) is 6.54 Å². The number of rotatable bonds is 8. The minimum absolute atomic E-state index is 0.0000548. The maximum absolute atomic E-state index is 11.5. The van der Waals surface area contributed by atoms with Crippen LogP contribution in [-0.4, -0.2) is 36.7 Å². The highest BCUT2D eigenvalue weighted by Crippen LogP contribution is 2.02. The highest BCUT2D eigenvalue weighted by molar-refractivity contribution is 5.88. The third-order valence-electron chi connectivity index (χ3n) is 2.63. The molecule has 0 aromatic heterocycles. The van der Waals surface area contributed by atoms with Gasteiger partial charge in [0, 0.05) is 0 Å². The van der Waals surface area contributed by atoms with E-state index in [0.29, 0.717) is 6.42 Å². The number of amides is 2. The molecule has 0 saturated carbocycles. The highest BCUT2D eigenvalue weighted by Gasteiger charge is 2.19. The number of hydrogen-bond acceptors (Lipinski definition) is 4. The van der Waals surface area contributed by atoms with Gasteiger partial charge in [-0.1, -0.05) is 27.7 Å². The molecule has 0 saturated heterocycles. The summed E-state index contributed by atoms with van der Waals surface area (Å²) in [4.78, 5) is 33.7. The van der Waals surface area contributed by atoms with Crippen molar-refractivity contribution in [3.05, 3.63) is 0 Å². The summed E-state index contributed by atoms with van der Waals surface area (Å²) in [5.41, 5.74) is 5.63. The fourth-order valence-corrected chi connectivity index (χ4v) is 1.44. The van der Waals surface area contributed by atoms with Gasteiger partial charge in [0.15, 0.2) is 0 Å². The maximum Gasteiger partial charge on any atom is 0.239 e. The fraction of sp³-hybridized carbons (Fsp3) is 0.769. The molecule has 2 atom stereocenters. The van der Waals surface area contributed by atoms with Crippen LogP contribution in [0.4, 0.5) is 0 Å². The summed E-state index contributed by atoms with van der Waals surface area (Å²) in [6.45, 7) is 7.35. The first-order valence-electron chi connectivity index (χ1n) is 6.48. The minimum atomic E-state index is -0.642. The SMILES string of the molecule is CC(C)CC([C]=O)NC(=O)CNC(=O)C(N)C(C)C. The quantitative estimate of drug-likeness (QED) is 0.565. The average molecular weight is 270 g/mol. The van der Waals surface area contributed by atoms with Crippen LogP contribution in [0.2, 0.25) is 0 Å². The lowest BCUT2D eigenvalue weighted by molar-refractivity contribution is -0.127. The van der Waals surface area contributed by atoms with Crippen molar-refractivity contribution in [1.29, 1.82) is 0 Å². The Labute approximate surface area is 114 Å². The molecule has 2 unspecified atom stereocenters. The van der Waals surface area contributed by atoms with Crippen molar-refractivity contribution in [2.24, 2.45) is 17.6 Å². The predicted octanol–water partition coefficient (Wildman–Crippen LogP) is -0.273. The zero-order valence-electron chi connectivity index (χ0n) is 12.0. The first-order chi connectivity index (χ1) is 8.77. The van der Waals surface area contributed by atoms with Crippen LogP contribution in [0.1, 0.15) is 34.1 Å². The van der Waals surface area contributed by atoms with E-state index in [-0.39, 0.29) is 24.3 Å². The Bertz CT molecular complexity index is 316. The van der Waals surface area contributed by atoms with Gasteiger partial charge in [0.2, 0.25) is 18.1 Å². The fourth-order valence-electron chi connectivity index (χ4n) is 1.44. The van der Waals surface area contributed by atoms with Crippen LogP contribution >= 0.6 is 0 Å². The van der Waals surface area contributed by atoms with E-state index >= 15 is 0 Å². The second-order valence-corrected chi connectivity index (χ2v) is 5.36. The van der Waals surface area contributed by atoms with Gasteiger partial charge in [-0.3, -0.25) is 14.4 Å². The van der Waals surface area contributed by atoms with Crippen molar-refractivity contribution in [3.8, 4) is 0 Å². The lowest BCUT2D eigenvalue weighted by atomic mass is 10.0. The Morgan fingerprint density at radius 1 is 1.21 bits per heavy atom. The van der Waals surface area contributed by atoms with E-state index in [2.05, 4.69) is 10.6 Å². The second kappa shape index (κ2) is 8.63. The summed E-state index contributed by atoms with van der Waals surface area (Å²) in [5.74, 6) is -0.519. The Morgan fingerprint density at radius 3 is 2.21 bits per heavy atom. The largest absolute Gasteiger partial charge is 0.346 e. The Balaban J connectivity index is 4.11. The van der Waals surface area contributed by atoms with Crippen LogP contribution in [0.25, 0.3) is 0 Å². The molecule has 19 heavy (non-hydrogen) atoms. The van der Waals surface area contributed by atoms with Crippen LogP contribution in [0.15, 0.2) is 0 Å². The minimum Gasteiger partial charge on any atom is -0.346 e. The molecule has 0 aromatic rings. The topological polar surface area (TPSA) is 101 Å². The lowest BCUT2D eigenvalue weighted by Gasteiger charge is -2.17. The summed E-state index contributed by atoms with van der Waals surface area (Å²) in [7, 11) is 0. The number of carbonyl (C=O) groups is 2. The van der Waals surface area contributed by atoms with Crippen molar-refractivity contribution >= 4 is 18.1 Å². The first-order valence-corrected chi connectivity index (χ1v) is 6.48. The summed E-state index contributed by atoms with van der Waals surface area (Å²) >= 11 is 0. The molecular weight excluding hydrogens is 246 g/mol.